The number of nitrogens with one attached hydrogen (secondary N) is 1. The van der Waals surface area contributed by atoms with E-state index in [4.69, 9.17) is 4.74 Å². The van der Waals surface area contributed by atoms with Gasteiger partial charge in [-0.2, -0.15) is 0 Å². The molecule has 1 saturated carbocycles. The first-order valence-electron chi connectivity index (χ1n) is 7.28. The lowest BCUT2D eigenvalue weighted by atomic mass is 10.2. The van der Waals surface area contributed by atoms with Crippen LogP contribution in [0.2, 0.25) is 0 Å². The molecule has 1 aliphatic carbocycles. The molecule has 0 bridgehead atoms. The lowest BCUT2D eigenvalue weighted by Crippen LogP contribution is -2.21. The van der Waals surface area contributed by atoms with Gasteiger partial charge >= 0.3 is 0 Å². The van der Waals surface area contributed by atoms with E-state index < -0.39 is 0 Å². The van der Waals surface area contributed by atoms with E-state index in [1.54, 1.807) is 7.11 Å². The van der Waals surface area contributed by atoms with E-state index in [-0.39, 0.29) is 5.91 Å². The molecule has 3 rings (SSSR count). The molecule has 1 N–H and O–H groups in total. The first kappa shape index (κ1) is 15.6. The zero-order valence-corrected chi connectivity index (χ0v) is 14.7. The second kappa shape index (κ2) is 6.87. The number of hydrogen-bond acceptors (Lipinski definition) is 4. The van der Waals surface area contributed by atoms with Crippen molar-refractivity contribution in [2.24, 2.45) is 4.99 Å². The number of amidine groups is 1. The van der Waals surface area contributed by atoms with Crippen LogP contribution in [0.5, 0.6) is 5.75 Å². The van der Waals surface area contributed by atoms with E-state index in [0.717, 1.165) is 33.8 Å². The average Bonchev–Trinajstić information content (AvgIpc) is 3.10. The fraction of sp³-hybridized carbons (Fsp3) is 0.375. The van der Waals surface area contributed by atoms with E-state index in [0.29, 0.717) is 10.9 Å². The number of carbonyl (C=O) groups excluding carboxylic acids is 1. The SMILES string of the molecule is COc1ccc(Br)cc1/C=C1/SC(=NC2CCCC2)NC1=O. The lowest BCUT2D eigenvalue weighted by Gasteiger charge is -2.05. The molecular weight excluding hydrogens is 364 g/mol. The van der Waals surface area contributed by atoms with Crippen LogP contribution >= 0.6 is 27.7 Å². The number of methoxy groups -OCH3 is 1. The van der Waals surface area contributed by atoms with E-state index in [1.807, 2.05) is 24.3 Å². The highest BCUT2D eigenvalue weighted by Crippen LogP contribution is 2.32. The molecule has 2 aliphatic rings. The van der Waals surface area contributed by atoms with Crippen molar-refractivity contribution >= 4 is 44.8 Å². The number of ether oxygens (including phenoxy) is 1. The van der Waals surface area contributed by atoms with Gasteiger partial charge in [-0.1, -0.05) is 28.8 Å². The van der Waals surface area contributed by atoms with Crippen molar-refractivity contribution in [3.8, 4) is 5.75 Å². The van der Waals surface area contributed by atoms with Crippen molar-refractivity contribution in [2.45, 2.75) is 31.7 Å². The molecule has 1 aliphatic heterocycles. The van der Waals surface area contributed by atoms with Crippen LogP contribution in [0.25, 0.3) is 6.08 Å². The van der Waals surface area contributed by atoms with Crippen molar-refractivity contribution < 1.29 is 9.53 Å². The highest BCUT2D eigenvalue weighted by Gasteiger charge is 2.26. The van der Waals surface area contributed by atoms with Crippen LogP contribution < -0.4 is 10.1 Å². The summed E-state index contributed by atoms with van der Waals surface area (Å²) in [5.74, 6) is 0.647. The molecule has 0 radical (unpaired) electrons. The van der Waals surface area contributed by atoms with E-state index >= 15 is 0 Å². The van der Waals surface area contributed by atoms with Crippen LogP contribution in [0.4, 0.5) is 0 Å². The normalized spacial score (nSPS) is 22.5. The third-order valence-corrected chi connectivity index (χ3v) is 5.17. The Balaban J connectivity index is 1.83. The molecule has 0 unspecified atom stereocenters. The summed E-state index contributed by atoms with van der Waals surface area (Å²) < 4.78 is 6.29. The third-order valence-electron chi connectivity index (χ3n) is 3.75. The summed E-state index contributed by atoms with van der Waals surface area (Å²) in [6.07, 6.45) is 6.56. The van der Waals surface area contributed by atoms with Crippen molar-refractivity contribution in [1.82, 2.24) is 5.32 Å². The van der Waals surface area contributed by atoms with Gasteiger partial charge in [0.05, 0.1) is 18.1 Å². The maximum atomic E-state index is 12.1. The second-order valence-electron chi connectivity index (χ2n) is 5.32. The molecule has 0 atom stereocenters. The molecule has 6 heteroatoms. The Hall–Kier alpha value is -1.27. The number of rotatable bonds is 3. The number of halogens is 1. The highest BCUT2D eigenvalue weighted by molar-refractivity contribution is 9.10. The Morgan fingerprint density at radius 2 is 2.18 bits per heavy atom. The largest absolute Gasteiger partial charge is 0.496 e. The monoisotopic (exact) mass is 380 g/mol. The average molecular weight is 381 g/mol. The zero-order valence-electron chi connectivity index (χ0n) is 12.3. The Morgan fingerprint density at radius 3 is 2.91 bits per heavy atom. The first-order chi connectivity index (χ1) is 10.7. The second-order valence-corrected chi connectivity index (χ2v) is 7.27. The van der Waals surface area contributed by atoms with Crippen molar-refractivity contribution in [2.75, 3.05) is 7.11 Å². The fourth-order valence-electron chi connectivity index (χ4n) is 2.65. The Morgan fingerprint density at radius 1 is 1.41 bits per heavy atom. The van der Waals surface area contributed by atoms with E-state index in [1.165, 1.54) is 24.6 Å². The molecule has 4 nitrogen and oxygen atoms in total. The summed E-state index contributed by atoms with van der Waals surface area (Å²) in [5, 5.41) is 3.58. The molecule has 1 saturated heterocycles. The molecule has 22 heavy (non-hydrogen) atoms. The highest BCUT2D eigenvalue weighted by atomic mass is 79.9. The first-order valence-corrected chi connectivity index (χ1v) is 8.89. The quantitative estimate of drug-likeness (QED) is 0.807. The third kappa shape index (κ3) is 3.55. The van der Waals surface area contributed by atoms with Gasteiger partial charge in [0.1, 0.15) is 5.75 Å². The maximum absolute atomic E-state index is 12.1. The van der Waals surface area contributed by atoms with Gasteiger partial charge < -0.3 is 10.1 Å². The Labute approximate surface area is 142 Å². The molecule has 1 amide bonds. The minimum Gasteiger partial charge on any atom is -0.496 e. The van der Waals surface area contributed by atoms with E-state index in [2.05, 4.69) is 26.2 Å². The van der Waals surface area contributed by atoms with Crippen molar-refractivity contribution in [1.29, 1.82) is 0 Å². The molecule has 2 fully saturated rings. The molecule has 1 aromatic carbocycles. The summed E-state index contributed by atoms with van der Waals surface area (Å²) in [6, 6.07) is 6.09. The molecule has 1 heterocycles. The van der Waals surface area contributed by atoms with Gasteiger partial charge in [-0.25, -0.2) is 0 Å². The fourth-order valence-corrected chi connectivity index (χ4v) is 3.91. The van der Waals surface area contributed by atoms with Crippen LogP contribution in [-0.4, -0.2) is 24.2 Å². The molecular formula is C16H17BrN2O2S. The number of carbonyl (C=O) groups is 1. The topological polar surface area (TPSA) is 50.7 Å². The van der Waals surface area contributed by atoms with Gasteiger partial charge in [0.15, 0.2) is 5.17 Å². The van der Waals surface area contributed by atoms with Crippen LogP contribution in [0, 0.1) is 0 Å². The van der Waals surface area contributed by atoms with Crippen LogP contribution in [-0.2, 0) is 4.79 Å². The van der Waals surface area contributed by atoms with Crippen LogP contribution in [0.3, 0.4) is 0 Å². The summed E-state index contributed by atoms with van der Waals surface area (Å²) >= 11 is 4.85. The minimum atomic E-state index is -0.0937. The molecule has 0 spiro atoms. The molecule has 116 valence electrons. The van der Waals surface area contributed by atoms with Gasteiger partial charge in [-0.05, 0) is 48.9 Å². The Bertz CT molecular complexity index is 652. The summed E-state index contributed by atoms with van der Waals surface area (Å²) in [4.78, 5) is 17.4. The summed E-state index contributed by atoms with van der Waals surface area (Å²) in [6.45, 7) is 0. The lowest BCUT2D eigenvalue weighted by molar-refractivity contribution is -0.115. The van der Waals surface area contributed by atoms with Crippen LogP contribution in [0.1, 0.15) is 31.2 Å². The number of amides is 1. The minimum absolute atomic E-state index is 0.0937. The number of thioether (sulfide) groups is 1. The van der Waals surface area contributed by atoms with Crippen molar-refractivity contribution in [3.63, 3.8) is 0 Å². The number of hydrogen-bond donors (Lipinski definition) is 1. The predicted molar refractivity (Wildman–Crippen MR) is 94.1 cm³/mol. The number of benzene rings is 1. The summed E-state index contributed by atoms with van der Waals surface area (Å²) in [7, 11) is 1.63. The molecule has 0 aromatic heterocycles. The molecule has 1 aromatic rings. The van der Waals surface area contributed by atoms with Crippen molar-refractivity contribution in [3.05, 3.63) is 33.1 Å². The van der Waals surface area contributed by atoms with Crippen LogP contribution in [0.15, 0.2) is 32.6 Å². The number of nitrogens with zero attached hydrogens (tertiary/aromatic N) is 1. The van der Waals surface area contributed by atoms with Gasteiger partial charge in [0.2, 0.25) is 0 Å². The van der Waals surface area contributed by atoms with Gasteiger partial charge in [-0.3, -0.25) is 9.79 Å². The summed E-state index contributed by atoms with van der Waals surface area (Å²) in [5.41, 5.74) is 0.872. The Kier molecular flexibility index (Phi) is 4.88. The smallest absolute Gasteiger partial charge is 0.264 e. The zero-order chi connectivity index (χ0) is 15.5. The van der Waals surface area contributed by atoms with Gasteiger partial charge in [-0.15, -0.1) is 0 Å². The standard InChI is InChI=1S/C16H17BrN2O2S/c1-21-13-7-6-11(17)8-10(13)9-14-15(20)19-16(22-14)18-12-4-2-3-5-12/h6-9,12H,2-5H2,1H3,(H,18,19,20)/b14-9+. The van der Waals surface area contributed by atoms with Gasteiger partial charge in [0.25, 0.3) is 5.91 Å². The maximum Gasteiger partial charge on any atom is 0.264 e. The van der Waals surface area contributed by atoms with Gasteiger partial charge in [0, 0.05) is 10.0 Å². The van der Waals surface area contributed by atoms with E-state index in [9.17, 15) is 4.79 Å². The predicted octanol–water partition coefficient (Wildman–Crippen LogP) is 3.96. The number of aliphatic imine (C=N–C) groups is 1.